The van der Waals surface area contributed by atoms with E-state index >= 15 is 0 Å². The van der Waals surface area contributed by atoms with Gasteiger partial charge in [-0.2, -0.15) is 5.10 Å². The number of aryl methyl sites for hydroxylation is 1. The third-order valence-electron chi connectivity index (χ3n) is 3.91. The zero-order valence-electron chi connectivity index (χ0n) is 13.7. The number of nitrogens with zero attached hydrogens (tertiary/aromatic N) is 3. The van der Waals surface area contributed by atoms with E-state index in [-0.39, 0.29) is 11.6 Å². The van der Waals surface area contributed by atoms with E-state index in [2.05, 4.69) is 10.4 Å². The highest BCUT2D eigenvalue weighted by Gasteiger charge is 2.13. The maximum Gasteiger partial charge on any atom is 0.307 e. The molecule has 3 rings (SSSR count). The molecule has 2 aromatic heterocycles. The number of hydrogen-bond donors (Lipinski definition) is 1. The molecule has 1 N–H and O–H groups in total. The van der Waals surface area contributed by atoms with Crippen LogP contribution < -0.4 is 5.32 Å². The van der Waals surface area contributed by atoms with Crippen molar-refractivity contribution in [1.82, 2.24) is 9.78 Å². The van der Waals surface area contributed by atoms with E-state index in [4.69, 9.17) is 0 Å². The Labute approximate surface area is 148 Å². The molecule has 0 saturated carbocycles. The number of thiophene rings is 1. The van der Waals surface area contributed by atoms with Gasteiger partial charge in [0.05, 0.1) is 16.3 Å². The SMILES string of the molecule is Cc1cccc(NC(=O)c2cc(Cn3cc([N+](=O)[O-])cn3)cs2)c1C. The molecule has 0 radical (unpaired) electrons. The molecule has 7 nitrogen and oxygen atoms in total. The standard InChI is InChI=1S/C17H16N4O3S/c1-11-4-3-5-15(12(11)2)19-17(22)16-6-13(10-25-16)8-20-9-14(7-18-20)21(23)24/h3-7,9-10H,8H2,1-2H3,(H,19,22). The number of hydrogen-bond acceptors (Lipinski definition) is 5. The fourth-order valence-electron chi connectivity index (χ4n) is 2.37. The lowest BCUT2D eigenvalue weighted by Gasteiger charge is -2.09. The quantitative estimate of drug-likeness (QED) is 0.556. The predicted molar refractivity (Wildman–Crippen MR) is 96.2 cm³/mol. The first-order valence-corrected chi connectivity index (χ1v) is 8.44. The Kier molecular flexibility index (Phi) is 4.62. The maximum atomic E-state index is 12.4. The zero-order valence-corrected chi connectivity index (χ0v) is 14.5. The number of aromatic nitrogens is 2. The molecule has 1 amide bonds. The van der Waals surface area contributed by atoms with Gasteiger partial charge in [-0.05, 0) is 48.1 Å². The highest BCUT2D eigenvalue weighted by atomic mass is 32.1. The van der Waals surface area contributed by atoms with E-state index in [0.29, 0.717) is 11.4 Å². The van der Waals surface area contributed by atoms with Crippen molar-refractivity contribution in [2.75, 3.05) is 5.32 Å². The third kappa shape index (κ3) is 3.74. The molecule has 0 spiro atoms. The summed E-state index contributed by atoms with van der Waals surface area (Å²) in [5, 5.41) is 19.4. The minimum Gasteiger partial charge on any atom is -0.321 e. The van der Waals surface area contributed by atoms with Crippen LogP contribution in [0.3, 0.4) is 0 Å². The molecule has 0 aliphatic carbocycles. The Balaban J connectivity index is 1.71. The first-order chi connectivity index (χ1) is 11.9. The van der Waals surface area contributed by atoms with E-state index in [0.717, 1.165) is 22.4 Å². The van der Waals surface area contributed by atoms with Gasteiger partial charge in [-0.1, -0.05) is 12.1 Å². The van der Waals surface area contributed by atoms with Crippen LogP contribution in [0, 0.1) is 24.0 Å². The van der Waals surface area contributed by atoms with Gasteiger partial charge in [0, 0.05) is 5.69 Å². The molecule has 8 heteroatoms. The minimum atomic E-state index is -0.486. The molecular formula is C17H16N4O3S. The van der Waals surface area contributed by atoms with Crippen LogP contribution in [0.5, 0.6) is 0 Å². The van der Waals surface area contributed by atoms with E-state index in [1.807, 2.05) is 37.4 Å². The Morgan fingerprint density at radius 1 is 1.40 bits per heavy atom. The van der Waals surface area contributed by atoms with Crippen molar-refractivity contribution in [2.45, 2.75) is 20.4 Å². The lowest BCUT2D eigenvalue weighted by atomic mass is 10.1. The summed E-state index contributed by atoms with van der Waals surface area (Å²) >= 11 is 1.33. The van der Waals surface area contributed by atoms with Crippen LogP contribution in [0.4, 0.5) is 11.4 Å². The van der Waals surface area contributed by atoms with Crippen LogP contribution in [0.1, 0.15) is 26.4 Å². The van der Waals surface area contributed by atoms with Crippen LogP contribution >= 0.6 is 11.3 Å². The molecule has 0 atom stereocenters. The largest absolute Gasteiger partial charge is 0.321 e. The summed E-state index contributed by atoms with van der Waals surface area (Å²) in [5.41, 5.74) is 3.77. The van der Waals surface area contributed by atoms with Crippen molar-refractivity contribution in [3.63, 3.8) is 0 Å². The van der Waals surface area contributed by atoms with Gasteiger partial charge in [0.25, 0.3) is 5.91 Å². The average Bonchev–Trinajstić information content (AvgIpc) is 3.22. The van der Waals surface area contributed by atoms with Gasteiger partial charge in [0.15, 0.2) is 0 Å². The van der Waals surface area contributed by atoms with Crippen molar-refractivity contribution in [3.05, 3.63) is 73.7 Å². The van der Waals surface area contributed by atoms with Crippen molar-refractivity contribution in [1.29, 1.82) is 0 Å². The number of anilines is 1. The van der Waals surface area contributed by atoms with Gasteiger partial charge in [0.2, 0.25) is 0 Å². The highest BCUT2D eigenvalue weighted by Crippen LogP contribution is 2.22. The Hall–Kier alpha value is -3.00. The summed E-state index contributed by atoms with van der Waals surface area (Å²) in [6.07, 6.45) is 2.58. The smallest absolute Gasteiger partial charge is 0.307 e. The molecule has 128 valence electrons. The van der Waals surface area contributed by atoms with Crippen molar-refractivity contribution < 1.29 is 9.72 Å². The number of benzene rings is 1. The molecule has 0 unspecified atom stereocenters. The number of amides is 1. The Morgan fingerprint density at radius 2 is 2.20 bits per heavy atom. The van der Waals surface area contributed by atoms with Crippen LogP contribution in [0.2, 0.25) is 0 Å². The summed E-state index contributed by atoms with van der Waals surface area (Å²) in [6, 6.07) is 7.55. The fraction of sp³-hybridized carbons (Fsp3) is 0.176. The number of nitrogens with one attached hydrogen (secondary N) is 1. The molecule has 1 aromatic carbocycles. The van der Waals surface area contributed by atoms with Gasteiger partial charge in [0.1, 0.15) is 12.4 Å². The minimum absolute atomic E-state index is 0.0527. The lowest BCUT2D eigenvalue weighted by molar-refractivity contribution is -0.385. The normalized spacial score (nSPS) is 10.6. The molecule has 0 aliphatic heterocycles. The van der Waals surface area contributed by atoms with Crippen molar-refractivity contribution >= 4 is 28.6 Å². The molecule has 2 heterocycles. The van der Waals surface area contributed by atoms with Crippen LogP contribution in [-0.4, -0.2) is 20.6 Å². The number of nitro groups is 1. The molecule has 0 saturated heterocycles. The first kappa shape index (κ1) is 16.8. The third-order valence-corrected chi connectivity index (χ3v) is 4.88. The van der Waals surface area contributed by atoms with Crippen molar-refractivity contribution in [2.24, 2.45) is 0 Å². The zero-order chi connectivity index (χ0) is 18.0. The summed E-state index contributed by atoms with van der Waals surface area (Å²) in [5.74, 6) is -0.170. The number of carbonyl (C=O) groups excluding carboxylic acids is 1. The van der Waals surface area contributed by atoms with Gasteiger partial charge in [-0.15, -0.1) is 11.3 Å². The fourth-order valence-corrected chi connectivity index (χ4v) is 3.17. The molecule has 0 fully saturated rings. The van der Waals surface area contributed by atoms with Gasteiger partial charge >= 0.3 is 5.69 Å². The van der Waals surface area contributed by atoms with E-state index in [1.54, 1.807) is 6.07 Å². The molecule has 0 aliphatic rings. The first-order valence-electron chi connectivity index (χ1n) is 7.56. The molecular weight excluding hydrogens is 340 g/mol. The lowest BCUT2D eigenvalue weighted by Crippen LogP contribution is -2.11. The molecule has 3 aromatic rings. The monoisotopic (exact) mass is 356 g/mol. The van der Waals surface area contributed by atoms with E-state index in [1.165, 1.54) is 28.4 Å². The number of rotatable bonds is 5. The molecule has 25 heavy (non-hydrogen) atoms. The second-order valence-corrected chi connectivity index (χ2v) is 6.59. The summed E-state index contributed by atoms with van der Waals surface area (Å²) in [6.45, 7) is 4.34. The van der Waals surface area contributed by atoms with Crippen LogP contribution in [0.15, 0.2) is 42.0 Å². The highest BCUT2D eigenvalue weighted by molar-refractivity contribution is 7.12. The second kappa shape index (κ2) is 6.86. The summed E-state index contributed by atoms with van der Waals surface area (Å²) < 4.78 is 1.48. The Bertz CT molecular complexity index is 945. The predicted octanol–water partition coefficient (Wildman–Crippen LogP) is 3.77. The molecule has 0 bridgehead atoms. The average molecular weight is 356 g/mol. The van der Waals surface area contributed by atoms with Crippen LogP contribution in [-0.2, 0) is 6.54 Å². The topological polar surface area (TPSA) is 90.1 Å². The maximum absolute atomic E-state index is 12.4. The van der Waals surface area contributed by atoms with E-state index < -0.39 is 4.92 Å². The Morgan fingerprint density at radius 3 is 2.92 bits per heavy atom. The van der Waals surface area contributed by atoms with Gasteiger partial charge in [-0.25, -0.2) is 0 Å². The number of carbonyl (C=O) groups is 1. The van der Waals surface area contributed by atoms with Crippen LogP contribution in [0.25, 0.3) is 0 Å². The second-order valence-electron chi connectivity index (χ2n) is 5.67. The van der Waals surface area contributed by atoms with Gasteiger partial charge in [-0.3, -0.25) is 19.6 Å². The van der Waals surface area contributed by atoms with Gasteiger partial charge < -0.3 is 5.32 Å². The summed E-state index contributed by atoms with van der Waals surface area (Å²) in [7, 11) is 0. The van der Waals surface area contributed by atoms with E-state index in [9.17, 15) is 14.9 Å². The van der Waals surface area contributed by atoms with Crippen molar-refractivity contribution in [3.8, 4) is 0 Å². The summed E-state index contributed by atoms with van der Waals surface area (Å²) in [4.78, 5) is 23.2.